The van der Waals surface area contributed by atoms with Gasteiger partial charge in [-0.1, -0.05) is 12.1 Å². The maximum absolute atomic E-state index is 13.0. The van der Waals surface area contributed by atoms with Crippen molar-refractivity contribution in [2.75, 3.05) is 11.9 Å². The molecule has 0 saturated carbocycles. The minimum absolute atomic E-state index is 0.137. The summed E-state index contributed by atoms with van der Waals surface area (Å²) in [7, 11) is -2.28. The minimum atomic E-state index is -4.06. The van der Waals surface area contributed by atoms with Crippen molar-refractivity contribution in [3.05, 3.63) is 74.8 Å². The molecule has 10 heteroatoms. The van der Waals surface area contributed by atoms with Crippen LogP contribution in [0.2, 0.25) is 0 Å². The van der Waals surface area contributed by atoms with E-state index in [2.05, 4.69) is 20.9 Å². The van der Waals surface area contributed by atoms with Crippen molar-refractivity contribution >= 4 is 49.0 Å². The summed E-state index contributed by atoms with van der Waals surface area (Å²) in [6.07, 6.45) is 1.19. The number of hydrogen-bond donors (Lipinski definition) is 1. The third-order valence-electron chi connectivity index (χ3n) is 3.81. The molecule has 1 aromatic carbocycles. The van der Waals surface area contributed by atoms with Gasteiger partial charge in [-0.05, 0) is 51.1 Å². The number of hydrogen-bond acceptors (Lipinski definition) is 6. The minimum Gasteiger partial charge on any atom is -0.354 e. The zero-order valence-electron chi connectivity index (χ0n) is 14.6. The molecule has 0 spiro atoms. The normalized spacial score (nSPS) is 11.2. The Bertz CT molecular complexity index is 1090. The Kier molecular flexibility index (Phi) is 6.11. The molecule has 2 heterocycles. The fourth-order valence-corrected chi connectivity index (χ4v) is 4.80. The molecule has 0 saturated heterocycles. The molecular formula is C18H15BrFN3O3S2. The summed E-state index contributed by atoms with van der Waals surface area (Å²) >= 11 is 4.63. The topological polar surface area (TPSA) is 79.4 Å². The lowest BCUT2D eigenvalue weighted by Gasteiger charge is -2.20. The van der Waals surface area contributed by atoms with Gasteiger partial charge in [0.25, 0.3) is 15.9 Å². The highest BCUT2D eigenvalue weighted by Crippen LogP contribution is 2.26. The van der Waals surface area contributed by atoms with E-state index in [-0.39, 0.29) is 16.3 Å². The highest BCUT2D eigenvalue weighted by molar-refractivity contribution is 9.10. The van der Waals surface area contributed by atoms with Gasteiger partial charge in [0, 0.05) is 25.2 Å². The molecule has 2 aromatic heterocycles. The molecule has 0 atom stereocenters. The van der Waals surface area contributed by atoms with Crippen molar-refractivity contribution in [1.82, 2.24) is 9.71 Å². The van der Waals surface area contributed by atoms with Gasteiger partial charge in [-0.25, -0.2) is 22.5 Å². The molecule has 0 aliphatic heterocycles. The molecule has 0 aliphatic rings. The first-order valence-electron chi connectivity index (χ1n) is 7.97. The number of aromatic nitrogens is 1. The lowest BCUT2D eigenvalue weighted by molar-refractivity contribution is 0.0982. The van der Waals surface area contributed by atoms with E-state index < -0.39 is 15.9 Å². The SMILES string of the molecule is CN(Cc1ccc(F)cc1)c1ncc(S(=O)(=O)NC(=O)c2ccsc2)cc1Br. The highest BCUT2D eigenvalue weighted by atomic mass is 79.9. The van der Waals surface area contributed by atoms with E-state index in [0.717, 1.165) is 5.56 Å². The van der Waals surface area contributed by atoms with Crippen LogP contribution in [-0.4, -0.2) is 26.4 Å². The Morgan fingerprint density at radius 1 is 1.29 bits per heavy atom. The van der Waals surface area contributed by atoms with Gasteiger partial charge in [-0.3, -0.25) is 4.79 Å². The molecule has 0 aliphatic carbocycles. The van der Waals surface area contributed by atoms with Crippen LogP contribution in [0, 0.1) is 5.82 Å². The number of sulfonamides is 1. The quantitative estimate of drug-likeness (QED) is 0.576. The summed E-state index contributed by atoms with van der Waals surface area (Å²) in [5.41, 5.74) is 1.15. The lowest BCUT2D eigenvalue weighted by Crippen LogP contribution is -2.30. The number of anilines is 1. The summed E-state index contributed by atoms with van der Waals surface area (Å²) in [5.74, 6) is -0.507. The van der Waals surface area contributed by atoms with Crippen LogP contribution in [0.1, 0.15) is 15.9 Å². The number of carbonyl (C=O) groups is 1. The first-order chi connectivity index (χ1) is 13.3. The summed E-state index contributed by atoms with van der Waals surface area (Å²) in [4.78, 5) is 17.9. The summed E-state index contributed by atoms with van der Waals surface area (Å²) in [6.45, 7) is 0.451. The number of halogens is 2. The smallest absolute Gasteiger partial charge is 0.265 e. The van der Waals surface area contributed by atoms with Crippen molar-refractivity contribution in [3.8, 4) is 0 Å². The predicted molar refractivity (Wildman–Crippen MR) is 109 cm³/mol. The van der Waals surface area contributed by atoms with E-state index in [4.69, 9.17) is 0 Å². The van der Waals surface area contributed by atoms with Crippen LogP contribution in [0.4, 0.5) is 10.2 Å². The predicted octanol–water partition coefficient (Wildman–Crippen LogP) is 3.80. The summed E-state index contributed by atoms with van der Waals surface area (Å²) < 4.78 is 40.4. The van der Waals surface area contributed by atoms with E-state index in [1.165, 1.54) is 41.8 Å². The second-order valence-electron chi connectivity index (χ2n) is 5.91. The number of nitrogens with one attached hydrogen (secondary N) is 1. The summed E-state index contributed by atoms with van der Waals surface area (Å²) in [6, 6.07) is 9.00. The molecule has 28 heavy (non-hydrogen) atoms. The number of nitrogens with zero attached hydrogens (tertiary/aromatic N) is 2. The third-order valence-corrected chi connectivity index (χ3v) is 6.38. The maximum Gasteiger partial charge on any atom is 0.265 e. The van der Waals surface area contributed by atoms with E-state index in [9.17, 15) is 17.6 Å². The Labute approximate surface area is 174 Å². The second-order valence-corrected chi connectivity index (χ2v) is 9.22. The highest BCUT2D eigenvalue weighted by Gasteiger charge is 2.21. The van der Waals surface area contributed by atoms with E-state index >= 15 is 0 Å². The van der Waals surface area contributed by atoms with Crippen LogP contribution >= 0.6 is 27.3 Å². The molecule has 3 rings (SSSR count). The van der Waals surface area contributed by atoms with Crippen molar-refractivity contribution in [3.63, 3.8) is 0 Å². The van der Waals surface area contributed by atoms with Crippen molar-refractivity contribution in [1.29, 1.82) is 0 Å². The average Bonchev–Trinajstić information content (AvgIpc) is 3.18. The number of pyridine rings is 1. The van der Waals surface area contributed by atoms with Gasteiger partial charge in [0.15, 0.2) is 0 Å². The zero-order chi connectivity index (χ0) is 20.3. The van der Waals surface area contributed by atoms with Gasteiger partial charge in [0.1, 0.15) is 16.5 Å². The van der Waals surface area contributed by atoms with Crippen molar-refractivity contribution in [2.24, 2.45) is 0 Å². The molecule has 0 unspecified atom stereocenters. The van der Waals surface area contributed by atoms with E-state index in [1.54, 1.807) is 34.8 Å². The number of benzene rings is 1. The molecule has 3 aromatic rings. The molecule has 0 radical (unpaired) electrons. The van der Waals surface area contributed by atoms with Gasteiger partial charge in [0.05, 0.1) is 10.0 Å². The zero-order valence-corrected chi connectivity index (χ0v) is 17.8. The standard InChI is InChI=1S/C18H15BrFN3O3S2/c1-23(10-12-2-4-14(20)5-3-12)17-16(19)8-15(9-21-17)28(25,26)22-18(24)13-6-7-27-11-13/h2-9,11H,10H2,1H3,(H,22,24). The molecule has 0 bridgehead atoms. The van der Waals surface area contributed by atoms with Crippen LogP contribution < -0.4 is 9.62 Å². The molecule has 146 valence electrons. The van der Waals surface area contributed by atoms with Crippen molar-refractivity contribution in [2.45, 2.75) is 11.4 Å². The molecular weight excluding hydrogens is 469 g/mol. The largest absolute Gasteiger partial charge is 0.354 e. The summed E-state index contributed by atoms with van der Waals surface area (Å²) in [5, 5.41) is 3.25. The van der Waals surface area contributed by atoms with Gasteiger partial charge in [0.2, 0.25) is 0 Å². The molecule has 0 fully saturated rings. The Balaban J connectivity index is 1.77. The third kappa shape index (κ3) is 4.75. The Morgan fingerprint density at radius 2 is 2.00 bits per heavy atom. The van der Waals surface area contributed by atoms with Gasteiger partial charge < -0.3 is 4.90 Å². The van der Waals surface area contributed by atoms with Crippen LogP contribution in [0.3, 0.4) is 0 Å². The van der Waals surface area contributed by atoms with Gasteiger partial charge >= 0.3 is 0 Å². The Hall–Kier alpha value is -2.30. The van der Waals surface area contributed by atoms with Crippen LogP contribution in [0.15, 0.2) is 62.7 Å². The van der Waals surface area contributed by atoms with E-state index in [0.29, 0.717) is 16.8 Å². The van der Waals surface area contributed by atoms with Crippen LogP contribution in [0.5, 0.6) is 0 Å². The second kappa shape index (κ2) is 8.38. The fourth-order valence-electron chi connectivity index (χ4n) is 2.41. The number of carbonyl (C=O) groups excluding carboxylic acids is 1. The molecule has 6 nitrogen and oxygen atoms in total. The molecule has 1 N–H and O–H groups in total. The first-order valence-corrected chi connectivity index (χ1v) is 11.2. The van der Waals surface area contributed by atoms with Gasteiger partial charge in [-0.15, -0.1) is 0 Å². The lowest BCUT2D eigenvalue weighted by atomic mass is 10.2. The average molecular weight is 484 g/mol. The van der Waals surface area contributed by atoms with E-state index in [1.807, 2.05) is 4.72 Å². The van der Waals surface area contributed by atoms with Crippen molar-refractivity contribution < 1.29 is 17.6 Å². The fraction of sp³-hybridized carbons (Fsp3) is 0.111. The number of amides is 1. The van der Waals surface area contributed by atoms with Crippen LogP contribution in [-0.2, 0) is 16.6 Å². The maximum atomic E-state index is 13.0. The van der Waals surface area contributed by atoms with Crippen LogP contribution in [0.25, 0.3) is 0 Å². The monoisotopic (exact) mass is 483 g/mol. The first kappa shape index (κ1) is 20.4. The number of thiophene rings is 1. The Morgan fingerprint density at radius 3 is 2.61 bits per heavy atom. The number of rotatable bonds is 6. The molecule has 1 amide bonds. The van der Waals surface area contributed by atoms with Gasteiger partial charge in [-0.2, -0.15) is 11.3 Å².